The third kappa shape index (κ3) is 6.68. The van der Waals surface area contributed by atoms with Gasteiger partial charge in [-0.25, -0.2) is 4.79 Å². The summed E-state index contributed by atoms with van der Waals surface area (Å²) in [6.07, 6.45) is 3.33. The first-order valence-electron chi connectivity index (χ1n) is 8.43. The summed E-state index contributed by atoms with van der Waals surface area (Å²) in [5, 5.41) is 6.72. The van der Waals surface area contributed by atoms with E-state index in [1.165, 1.54) is 0 Å². The van der Waals surface area contributed by atoms with E-state index in [0.717, 1.165) is 30.1 Å². The number of carbonyl (C=O) groups excluding carboxylic acids is 1. The third-order valence-electron chi connectivity index (χ3n) is 4.13. The minimum absolute atomic E-state index is 0. The Hall–Kier alpha value is -1.58. The van der Waals surface area contributed by atoms with Crippen molar-refractivity contribution in [1.29, 1.82) is 0 Å². The number of guanidine groups is 1. The molecule has 0 atom stereocenters. The summed E-state index contributed by atoms with van der Waals surface area (Å²) in [6.45, 7) is 6.32. The van der Waals surface area contributed by atoms with Crippen LogP contribution < -0.4 is 10.6 Å². The average molecular weight is 461 g/mol. The van der Waals surface area contributed by atoms with Gasteiger partial charge in [-0.1, -0.05) is 6.07 Å². The molecule has 1 saturated heterocycles. The Morgan fingerprint density at radius 3 is 2.76 bits per heavy atom. The Bertz CT molecular complexity index is 574. The van der Waals surface area contributed by atoms with Crippen LogP contribution in [0.2, 0.25) is 0 Å². The number of pyridine rings is 1. The number of nitrogens with zero attached hydrogens (tertiary/aromatic N) is 3. The standard InChI is InChI=1S/C17H27N5O2.HI/c1-4-24-17(23)22-10-7-14(8-11-22)21-16(18-3)20-12-15-13(2)6-5-9-19-15;/h5-6,9,14H,4,7-8,10-12H2,1-3H3,(H2,18,20,21);1H. The van der Waals surface area contributed by atoms with Crippen LogP contribution in [0.1, 0.15) is 31.0 Å². The van der Waals surface area contributed by atoms with Gasteiger partial charge in [0.1, 0.15) is 0 Å². The highest BCUT2D eigenvalue weighted by molar-refractivity contribution is 14.0. The zero-order chi connectivity index (χ0) is 17.4. The number of aromatic nitrogens is 1. The van der Waals surface area contributed by atoms with E-state index in [2.05, 4.69) is 20.6 Å². The first-order chi connectivity index (χ1) is 11.6. The van der Waals surface area contributed by atoms with Gasteiger partial charge in [-0.2, -0.15) is 0 Å². The normalized spacial score (nSPS) is 15.3. The van der Waals surface area contributed by atoms with Gasteiger partial charge in [-0.05, 0) is 38.3 Å². The molecule has 2 N–H and O–H groups in total. The molecule has 1 fully saturated rings. The Morgan fingerprint density at radius 1 is 1.44 bits per heavy atom. The maximum atomic E-state index is 11.7. The summed E-state index contributed by atoms with van der Waals surface area (Å²) in [5.41, 5.74) is 2.17. The lowest BCUT2D eigenvalue weighted by atomic mass is 10.1. The van der Waals surface area contributed by atoms with Crippen LogP contribution in [0.3, 0.4) is 0 Å². The number of aliphatic imine (C=N–C) groups is 1. The van der Waals surface area contributed by atoms with Crippen molar-refractivity contribution in [3.05, 3.63) is 29.6 Å². The second-order valence-electron chi connectivity index (χ2n) is 5.80. The molecule has 2 rings (SSSR count). The molecular formula is C17H28IN5O2. The zero-order valence-corrected chi connectivity index (χ0v) is 17.4. The van der Waals surface area contributed by atoms with Crippen LogP contribution in [0.15, 0.2) is 23.3 Å². The second kappa shape index (κ2) is 11.1. The van der Waals surface area contributed by atoms with Crippen molar-refractivity contribution in [3.8, 4) is 0 Å². The highest BCUT2D eigenvalue weighted by atomic mass is 127. The van der Waals surface area contributed by atoms with E-state index in [1.807, 2.05) is 26.0 Å². The van der Waals surface area contributed by atoms with Crippen molar-refractivity contribution in [3.63, 3.8) is 0 Å². The fraction of sp³-hybridized carbons (Fsp3) is 0.588. The predicted molar refractivity (Wildman–Crippen MR) is 109 cm³/mol. The van der Waals surface area contributed by atoms with E-state index in [-0.39, 0.29) is 30.1 Å². The minimum atomic E-state index is -0.218. The number of amides is 1. The zero-order valence-electron chi connectivity index (χ0n) is 15.1. The molecule has 8 heteroatoms. The second-order valence-corrected chi connectivity index (χ2v) is 5.80. The number of rotatable bonds is 4. The SMILES string of the molecule is CCOC(=O)N1CCC(NC(=NC)NCc2ncccc2C)CC1.I. The van der Waals surface area contributed by atoms with Gasteiger partial charge >= 0.3 is 6.09 Å². The first-order valence-corrected chi connectivity index (χ1v) is 8.43. The molecule has 25 heavy (non-hydrogen) atoms. The van der Waals surface area contributed by atoms with Crippen molar-refractivity contribution in [2.75, 3.05) is 26.7 Å². The van der Waals surface area contributed by atoms with Crippen molar-refractivity contribution < 1.29 is 9.53 Å². The van der Waals surface area contributed by atoms with Crippen LogP contribution >= 0.6 is 24.0 Å². The van der Waals surface area contributed by atoms with Crippen molar-refractivity contribution in [1.82, 2.24) is 20.5 Å². The lowest BCUT2D eigenvalue weighted by molar-refractivity contribution is 0.0963. The van der Waals surface area contributed by atoms with E-state index >= 15 is 0 Å². The molecule has 0 bridgehead atoms. The number of halogens is 1. The van der Waals surface area contributed by atoms with Gasteiger partial charge in [0.15, 0.2) is 5.96 Å². The van der Waals surface area contributed by atoms with Gasteiger partial charge in [0, 0.05) is 32.4 Å². The van der Waals surface area contributed by atoms with E-state index in [0.29, 0.717) is 32.3 Å². The van der Waals surface area contributed by atoms with Gasteiger partial charge in [0.2, 0.25) is 0 Å². The smallest absolute Gasteiger partial charge is 0.409 e. The summed E-state index contributed by atoms with van der Waals surface area (Å²) in [6, 6.07) is 4.28. The monoisotopic (exact) mass is 461 g/mol. The number of hydrogen-bond acceptors (Lipinski definition) is 4. The molecule has 0 unspecified atom stereocenters. The molecule has 0 aromatic carbocycles. The summed E-state index contributed by atoms with van der Waals surface area (Å²) in [7, 11) is 1.76. The van der Waals surface area contributed by atoms with Gasteiger partial charge in [0.25, 0.3) is 0 Å². The van der Waals surface area contributed by atoms with Crippen molar-refractivity contribution in [2.45, 2.75) is 39.3 Å². The van der Waals surface area contributed by atoms with Gasteiger partial charge in [0.05, 0.1) is 18.8 Å². The third-order valence-corrected chi connectivity index (χ3v) is 4.13. The van der Waals surface area contributed by atoms with Crippen LogP contribution in [0.5, 0.6) is 0 Å². The quantitative estimate of drug-likeness (QED) is 0.409. The fourth-order valence-electron chi connectivity index (χ4n) is 2.68. The number of hydrogen-bond donors (Lipinski definition) is 2. The number of aryl methyl sites for hydroxylation is 1. The maximum Gasteiger partial charge on any atom is 0.409 e. The van der Waals surface area contributed by atoms with Gasteiger partial charge in [-0.15, -0.1) is 24.0 Å². The molecule has 1 amide bonds. The summed E-state index contributed by atoms with van der Waals surface area (Å²) in [5.74, 6) is 0.759. The van der Waals surface area contributed by atoms with Crippen LogP contribution in [0.4, 0.5) is 4.79 Å². The Balaban J connectivity index is 0.00000312. The van der Waals surface area contributed by atoms with Crippen LogP contribution in [0, 0.1) is 6.92 Å². The average Bonchev–Trinajstić information content (AvgIpc) is 2.60. The molecule has 0 spiro atoms. The molecule has 7 nitrogen and oxygen atoms in total. The molecule has 1 aromatic heterocycles. The number of nitrogens with one attached hydrogen (secondary N) is 2. The van der Waals surface area contributed by atoms with Crippen LogP contribution in [-0.4, -0.2) is 54.7 Å². The lowest BCUT2D eigenvalue weighted by Gasteiger charge is -2.32. The van der Waals surface area contributed by atoms with Crippen molar-refractivity contribution in [2.24, 2.45) is 4.99 Å². The Kier molecular flexibility index (Phi) is 9.54. The van der Waals surface area contributed by atoms with Crippen molar-refractivity contribution >= 4 is 36.0 Å². The Labute approximate surface area is 166 Å². The highest BCUT2D eigenvalue weighted by Crippen LogP contribution is 2.11. The molecule has 1 aliphatic rings. The number of piperidine rings is 1. The highest BCUT2D eigenvalue weighted by Gasteiger charge is 2.24. The molecule has 0 aliphatic carbocycles. The number of likely N-dealkylation sites (tertiary alicyclic amines) is 1. The van der Waals surface area contributed by atoms with Gasteiger partial charge in [-0.3, -0.25) is 9.98 Å². The minimum Gasteiger partial charge on any atom is -0.450 e. The predicted octanol–water partition coefficient (Wildman–Crippen LogP) is 2.29. The van der Waals surface area contributed by atoms with E-state index in [9.17, 15) is 4.79 Å². The number of carbonyl (C=O) groups is 1. The van der Waals surface area contributed by atoms with Crippen LogP contribution in [-0.2, 0) is 11.3 Å². The van der Waals surface area contributed by atoms with E-state index < -0.39 is 0 Å². The van der Waals surface area contributed by atoms with Crippen LogP contribution in [0.25, 0.3) is 0 Å². The summed E-state index contributed by atoms with van der Waals surface area (Å²) < 4.78 is 5.04. The van der Waals surface area contributed by atoms with E-state index in [1.54, 1.807) is 18.1 Å². The molecule has 0 saturated carbocycles. The molecular weight excluding hydrogens is 433 g/mol. The molecule has 1 aromatic rings. The summed E-state index contributed by atoms with van der Waals surface area (Å²) >= 11 is 0. The molecule has 1 aliphatic heterocycles. The summed E-state index contributed by atoms with van der Waals surface area (Å²) in [4.78, 5) is 22.1. The molecule has 0 radical (unpaired) electrons. The lowest BCUT2D eigenvalue weighted by Crippen LogP contribution is -2.49. The molecule has 2 heterocycles. The number of ether oxygens (including phenoxy) is 1. The van der Waals surface area contributed by atoms with E-state index in [4.69, 9.17) is 4.74 Å². The fourth-order valence-corrected chi connectivity index (χ4v) is 2.68. The maximum absolute atomic E-state index is 11.7. The molecule has 140 valence electrons. The largest absolute Gasteiger partial charge is 0.450 e. The Morgan fingerprint density at radius 2 is 2.16 bits per heavy atom. The topological polar surface area (TPSA) is 78.8 Å². The van der Waals surface area contributed by atoms with Gasteiger partial charge < -0.3 is 20.3 Å². The first kappa shape index (κ1) is 21.5.